The van der Waals surface area contributed by atoms with Crippen LogP contribution in [0.1, 0.15) is 0 Å². The van der Waals surface area contributed by atoms with E-state index in [2.05, 4.69) is 152 Å². The second kappa shape index (κ2) is 11.9. The lowest BCUT2D eigenvalue weighted by Crippen LogP contribution is -1.96. The second-order valence-electron chi connectivity index (χ2n) is 13.0. The number of fused-ring (bicyclic) bond motifs is 7. The summed E-state index contributed by atoms with van der Waals surface area (Å²) in [5.41, 5.74) is 11.0. The van der Waals surface area contributed by atoms with Crippen LogP contribution in [-0.4, -0.2) is 9.97 Å². The zero-order valence-corrected chi connectivity index (χ0v) is 27.6. The van der Waals surface area contributed by atoms with Crippen molar-refractivity contribution in [1.29, 1.82) is 0 Å². The maximum absolute atomic E-state index is 6.72. The first kappa shape index (κ1) is 29.1. The first-order chi connectivity index (χ1) is 25.3. The van der Waals surface area contributed by atoms with Gasteiger partial charge in [-0.3, -0.25) is 0 Å². The highest BCUT2D eigenvalue weighted by Gasteiger charge is 2.20. The van der Waals surface area contributed by atoms with Crippen LogP contribution in [0.2, 0.25) is 0 Å². The standard InChI is InChI=1S/C48H30N2O/c1-4-14-31(15-5-1)35-26-36(28-37(27-35)44-30-43(33-17-6-2-7-18-33)49-48(50-44)34-19-8-3-9-20-34)41-29-42-38-21-11-10-16-32(38)24-25-39(42)47-46(41)40-22-12-13-23-45(40)51-47/h1-30H. The van der Waals surface area contributed by atoms with Gasteiger partial charge in [-0.15, -0.1) is 0 Å². The van der Waals surface area contributed by atoms with Gasteiger partial charge in [0.25, 0.3) is 0 Å². The molecule has 3 nitrogen and oxygen atoms in total. The van der Waals surface area contributed by atoms with Gasteiger partial charge in [0, 0.05) is 32.8 Å². The van der Waals surface area contributed by atoms with Crippen molar-refractivity contribution in [3.8, 4) is 56.2 Å². The number of nitrogens with zero attached hydrogens (tertiary/aromatic N) is 2. The van der Waals surface area contributed by atoms with Crippen LogP contribution in [0.4, 0.5) is 0 Å². The summed E-state index contributed by atoms with van der Waals surface area (Å²) in [4.78, 5) is 10.3. The summed E-state index contributed by atoms with van der Waals surface area (Å²) in [6.45, 7) is 0. The molecule has 10 aromatic rings. The normalized spacial score (nSPS) is 11.5. The minimum atomic E-state index is 0.694. The predicted octanol–water partition coefficient (Wildman–Crippen LogP) is 13.0. The summed E-state index contributed by atoms with van der Waals surface area (Å²) in [5.74, 6) is 0.694. The quantitative estimate of drug-likeness (QED) is 0.174. The van der Waals surface area contributed by atoms with Gasteiger partial charge < -0.3 is 4.42 Å². The first-order valence-electron chi connectivity index (χ1n) is 17.2. The number of rotatable bonds is 5. The van der Waals surface area contributed by atoms with Crippen molar-refractivity contribution < 1.29 is 4.42 Å². The van der Waals surface area contributed by atoms with Crippen LogP contribution in [0, 0.1) is 0 Å². The third-order valence-corrected chi connectivity index (χ3v) is 9.84. The number of para-hydroxylation sites is 1. The van der Waals surface area contributed by atoms with E-state index in [-0.39, 0.29) is 0 Å². The van der Waals surface area contributed by atoms with Gasteiger partial charge in [0.1, 0.15) is 11.2 Å². The zero-order valence-electron chi connectivity index (χ0n) is 27.6. The van der Waals surface area contributed by atoms with Crippen LogP contribution >= 0.6 is 0 Å². The maximum atomic E-state index is 6.72. The van der Waals surface area contributed by atoms with Crippen LogP contribution in [0.3, 0.4) is 0 Å². The van der Waals surface area contributed by atoms with E-state index in [0.717, 1.165) is 77.7 Å². The monoisotopic (exact) mass is 650 g/mol. The highest BCUT2D eigenvalue weighted by Crippen LogP contribution is 2.44. The predicted molar refractivity (Wildman–Crippen MR) is 212 cm³/mol. The molecule has 2 heterocycles. The van der Waals surface area contributed by atoms with Gasteiger partial charge in [-0.25, -0.2) is 9.97 Å². The lowest BCUT2D eigenvalue weighted by molar-refractivity contribution is 0.673. The average molecular weight is 651 g/mol. The van der Waals surface area contributed by atoms with E-state index in [1.54, 1.807) is 0 Å². The molecule has 0 fully saturated rings. The van der Waals surface area contributed by atoms with Gasteiger partial charge in [-0.05, 0) is 80.9 Å². The van der Waals surface area contributed by atoms with Crippen LogP contribution < -0.4 is 0 Å². The van der Waals surface area contributed by atoms with Crippen molar-refractivity contribution in [2.45, 2.75) is 0 Å². The van der Waals surface area contributed by atoms with Gasteiger partial charge in [0.05, 0.1) is 11.4 Å². The molecule has 0 aliphatic heterocycles. The minimum Gasteiger partial charge on any atom is -0.455 e. The van der Waals surface area contributed by atoms with Crippen molar-refractivity contribution in [1.82, 2.24) is 9.97 Å². The van der Waals surface area contributed by atoms with Crippen molar-refractivity contribution >= 4 is 43.5 Å². The average Bonchev–Trinajstić information content (AvgIpc) is 3.61. The molecule has 0 unspecified atom stereocenters. The Morgan fingerprint density at radius 1 is 0.353 bits per heavy atom. The zero-order chi connectivity index (χ0) is 33.7. The van der Waals surface area contributed by atoms with Gasteiger partial charge in [0.2, 0.25) is 0 Å². The van der Waals surface area contributed by atoms with Gasteiger partial charge >= 0.3 is 0 Å². The van der Waals surface area contributed by atoms with E-state index in [1.165, 1.54) is 16.2 Å². The molecule has 10 rings (SSSR count). The summed E-state index contributed by atoms with van der Waals surface area (Å²) >= 11 is 0. The SMILES string of the molecule is c1ccc(-c2cc(-c3cc(-c4ccccc4)nc(-c4ccccc4)n3)cc(-c3cc4c5ccccc5ccc4c4oc5ccccc5c34)c2)cc1. The molecule has 0 atom stereocenters. The van der Waals surface area contributed by atoms with E-state index >= 15 is 0 Å². The molecule has 51 heavy (non-hydrogen) atoms. The fourth-order valence-electron chi connectivity index (χ4n) is 7.39. The Morgan fingerprint density at radius 2 is 0.941 bits per heavy atom. The van der Waals surface area contributed by atoms with E-state index in [1.807, 2.05) is 30.3 Å². The Labute approximate surface area is 295 Å². The molecule has 238 valence electrons. The number of hydrogen-bond donors (Lipinski definition) is 0. The molecular weight excluding hydrogens is 621 g/mol. The molecule has 3 heteroatoms. The molecule has 0 aliphatic rings. The number of benzene rings is 8. The van der Waals surface area contributed by atoms with Crippen LogP contribution in [-0.2, 0) is 0 Å². The van der Waals surface area contributed by atoms with E-state index < -0.39 is 0 Å². The Balaban J connectivity index is 1.30. The van der Waals surface area contributed by atoms with Crippen LogP contribution in [0.15, 0.2) is 186 Å². The fraction of sp³-hybridized carbons (Fsp3) is 0. The summed E-state index contributed by atoms with van der Waals surface area (Å²) < 4.78 is 6.72. The van der Waals surface area contributed by atoms with Crippen molar-refractivity contribution in [3.05, 3.63) is 182 Å². The molecule has 0 saturated carbocycles. The van der Waals surface area contributed by atoms with Crippen LogP contribution in [0.25, 0.3) is 99.6 Å². The molecule has 0 spiro atoms. The topological polar surface area (TPSA) is 38.9 Å². The summed E-state index contributed by atoms with van der Waals surface area (Å²) in [6.07, 6.45) is 0. The van der Waals surface area contributed by atoms with E-state index in [9.17, 15) is 0 Å². The molecule has 0 aliphatic carbocycles. The molecule has 8 aromatic carbocycles. The summed E-state index contributed by atoms with van der Waals surface area (Å²) in [5, 5.41) is 6.90. The molecule has 0 N–H and O–H groups in total. The van der Waals surface area contributed by atoms with Gasteiger partial charge in [-0.2, -0.15) is 0 Å². The summed E-state index contributed by atoms with van der Waals surface area (Å²) in [6, 6.07) is 63.9. The molecule has 0 amide bonds. The van der Waals surface area contributed by atoms with Crippen molar-refractivity contribution in [2.75, 3.05) is 0 Å². The van der Waals surface area contributed by atoms with Gasteiger partial charge in [-0.1, -0.05) is 140 Å². The third-order valence-electron chi connectivity index (χ3n) is 9.84. The lowest BCUT2D eigenvalue weighted by atomic mass is 9.90. The summed E-state index contributed by atoms with van der Waals surface area (Å²) in [7, 11) is 0. The first-order valence-corrected chi connectivity index (χ1v) is 17.2. The number of aromatic nitrogens is 2. The van der Waals surface area contributed by atoms with Crippen molar-refractivity contribution in [2.24, 2.45) is 0 Å². The number of hydrogen-bond acceptors (Lipinski definition) is 3. The Hall–Kier alpha value is -6.84. The third kappa shape index (κ3) is 5.06. The largest absolute Gasteiger partial charge is 0.455 e. The highest BCUT2D eigenvalue weighted by molar-refractivity contribution is 6.25. The van der Waals surface area contributed by atoms with E-state index in [4.69, 9.17) is 14.4 Å². The highest BCUT2D eigenvalue weighted by atomic mass is 16.3. The molecule has 0 bridgehead atoms. The molecule has 2 aromatic heterocycles. The molecule has 0 radical (unpaired) electrons. The van der Waals surface area contributed by atoms with Crippen molar-refractivity contribution in [3.63, 3.8) is 0 Å². The van der Waals surface area contributed by atoms with Crippen LogP contribution in [0.5, 0.6) is 0 Å². The number of furan rings is 1. The Bertz CT molecular complexity index is 2840. The Morgan fingerprint density at radius 3 is 1.71 bits per heavy atom. The van der Waals surface area contributed by atoms with E-state index in [0.29, 0.717) is 5.82 Å². The minimum absolute atomic E-state index is 0.694. The molecule has 0 saturated heterocycles. The maximum Gasteiger partial charge on any atom is 0.160 e. The lowest BCUT2D eigenvalue weighted by Gasteiger charge is -2.15. The fourth-order valence-corrected chi connectivity index (χ4v) is 7.39. The smallest absolute Gasteiger partial charge is 0.160 e. The van der Waals surface area contributed by atoms with Gasteiger partial charge in [0.15, 0.2) is 5.82 Å². The Kier molecular flexibility index (Phi) is 6.81. The molecular formula is C48H30N2O. The second-order valence-corrected chi connectivity index (χ2v) is 13.0.